The van der Waals surface area contributed by atoms with Crippen molar-refractivity contribution >= 4 is 60.9 Å². The Morgan fingerprint density at radius 3 is 1.92 bits per heavy atom. The Balaban J connectivity index is 1.26. The molecule has 0 spiro atoms. The van der Waals surface area contributed by atoms with Crippen LogP contribution in [0.3, 0.4) is 0 Å². The van der Waals surface area contributed by atoms with Crippen molar-refractivity contribution in [3.63, 3.8) is 0 Å². The first-order chi connectivity index (χ1) is 23.6. The third-order valence-corrected chi connectivity index (χ3v) is 10.3. The highest BCUT2D eigenvalue weighted by Crippen LogP contribution is 2.52. The van der Waals surface area contributed by atoms with E-state index in [-0.39, 0.29) is 5.41 Å². The molecule has 0 saturated heterocycles. The maximum Gasteiger partial charge on any atom is 0.137 e. The van der Waals surface area contributed by atoms with Gasteiger partial charge in [-0.25, -0.2) is 0 Å². The van der Waals surface area contributed by atoms with Gasteiger partial charge in [-0.2, -0.15) is 0 Å². The zero-order chi connectivity index (χ0) is 32.0. The van der Waals surface area contributed by atoms with E-state index in [1.165, 1.54) is 33.4 Å². The lowest BCUT2D eigenvalue weighted by Crippen LogP contribution is -2.16. The molecule has 48 heavy (non-hydrogen) atoms. The van der Waals surface area contributed by atoms with Crippen molar-refractivity contribution in [3.8, 4) is 22.3 Å². The summed E-state index contributed by atoms with van der Waals surface area (Å²) >= 11 is 0. The largest absolute Gasteiger partial charge is 0.456 e. The quantitative estimate of drug-likeness (QED) is 0.197. The van der Waals surface area contributed by atoms with Crippen molar-refractivity contribution in [1.82, 2.24) is 0 Å². The fourth-order valence-electron chi connectivity index (χ4n) is 7.98. The fraction of sp³-hybridized carbons (Fsp3) is 0.0667. The van der Waals surface area contributed by atoms with E-state index in [0.29, 0.717) is 0 Å². The van der Waals surface area contributed by atoms with Crippen LogP contribution in [-0.2, 0) is 5.41 Å². The second kappa shape index (κ2) is 9.97. The van der Waals surface area contributed by atoms with Crippen LogP contribution in [0.25, 0.3) is 66.1 Å². The van der Waals surface area contributed by atoms with Gasteiger partial charge in [0.15, 0.2) is 0 Å². The third-order valence-electron chi connectivity index (χ3n) is 10.3. The number of hydrogen-bond acceptors (Lipinski definition) is 3. The molecule has 0 unspecified atom stereocenters. The predicted molar refractivity (Wildman–Crippen MR) is 199 cm³/mol. The first-order valence-electron chi connectivity index (χ1n) is 16.5. The van der Waals surface area contributed by atoms with E-state index in [1.807, 2.05) is 24.3 Å². The molecule has 228 valence electrons. The SMILES string of the molecule is CC1(C)c2ccccc2-c2ccc(N(c3ccc(-c4ccccc4)cc3)c3cccc4oc5ccc6oc7ccccc7c6c5c34)cc21. The van der Waals surface area contributed by atoms with E-state index in [2.05, 4.69) is 146 Å². The Morgan fingerprint density at radius 1 is 0.438 bits per heavy atom. The van der Waals surface area contributed by atoms with Gasteiger partial charge in [0.25, 0.3) is 0 Å². The highest BCUT2D eigenvalue weighted by Gasteiger charge is 2.36. The van der Waals surface area contributed by atoms with Gasteiger partial charge < -0.3 is 13.7 Å². The topological polar surface area (TPSA) is 29.5 Å². The number of nitrogens with zero attached hydrogens (tertiary/aromatic N) is 1. The number of furan rings is 2. The van der Waals surface area contributed by atoms with Crippen LogP contribution in [-0.4, -0.2) is 0 Å². The summed E-state index contributed by atoms with van der Waals surface area (Å²) in [6.45, 7) is 4.68. The number of fused-ring (bicyclic) bond motifs is 10. The van der Waals surface area contributed by atoms with Crippen LogP contribution in [0.4, 0.5) is 17.1 Å². The summed E-state index contributed by atoms with van der Waals surface area (Å²) in [4.78, 5) is 2.40. The van der Waals surface area contributed by atoms with Crippen molar-refractivity contribution in [2.75, 3.05) is 4.90 Å². The zero-order valence-corrected chi connectivity index (χ0v) is 26.7. The Kier molecular flexibility index (Phi) is 5.63. The molecule has 7 aromatic carbocycles. The molecule has 0 aliphatic heterocycles. The number of rotatable bonds is 4. The van der Waals surface area contributed by atoms with Crippen LogP contribution in [0.15, 0.2) is 160 Å². The van der Waals surface area contributed by atoms with Gasteiger partial charge in [-0.05, 0) is 88.0 Å². The Hall–Kier alpha value is -6.06. The molecular weight excluding hydrogens is 587 g/mol. The Morgan fingerprint density at radius 2 is 1.06 bits per heavy atom. The molecular formula is C45H31NO2. The summed E-state index contributed by atoms with van der Waals surface area (Å²) in [6, 6.07) is 54.0. The molecule has 0 saturated carbocycles. The molecule has 3 heteroatoms. The van der Waals surface area contributed by atoms with Gasteiger partial charge in [0, 0.05) is 32.9 Å². The molecule has 10 rings (SSSR count). The first-order valence-corrected chi connectivity index (χ1v) is 16.5. The normalized spacial score (nSPS) is 13.4. The molecule has 0 bridgehead atoms. The second-order valence-electron chi connectivity index (χ2n) is 13.3. The number of hydrogen-bond donors (Lipinski definition) is 0. The average Bonchev–Trinajstić information content (AvgIpc) is 3.77. The van der Waals surface area contributed by atoms with Crippen LogP contribution >= 0.6 is 0 Å². The van der Waals surface area contributed by atoms with Gasteiger partial charge >= 0.3 is 0 Å². The van der Waals surface area contributed by atoms with E-state index in [0.717, 1.165) is 60.9 Å². The third kappa shape index (κ3) is 3.82. The molecule has 0 radical (unpaired) electrons. The summed E-state index contributed by atoms with van der Waals surface area (Å²) in [5.41, 5.74) is 14.3. The molecule has 2 heterocycles. The van der Waals surface area contributed by atoms with Crippen LogP contribution in [0, 0.1) is 0 Å². The van der Waals surface area contributed by atoms with Crippen LogP contribution in [0.2, 0.25) is 0 Å². The lowest BCUT2D eigenvalue weighted by atomic mass is 9.82. The van der Waals surface area contributed by atoms with Gasteiger partial charge in [-0.1, -0.05) is 111 Å². The van der Waals surface area contributed by atoms with Crippen molar-refractivity contribution in [2.24, 2.45) is 0 Å². The van der Waals surface area contributed by atoms with Gasteiger partial charge in [0.1, 0.15) is 22.3 Å². The smallest absolute Gasteiger partial charge is 0.137 e. The lowest BCUT2D eigenvalue weighted by Gasteiger charge is -2.29. The zero-order valence-electron chi connectivity index (χ0n) is 26.7. The monoisotopic (exact) mass is 617 g/mol. The minimum absolute atomic E-state index is 0.124. The number of benzene rings is 7. The minimum Gasteiger partial charge on any atom is -0.456 e. The van der Waals surface area contributed by atoms with E-state index in [1.54, 1.807) is 0 Å². The minimum atomic E-state index is -0.124. The Labute approximate surface area is 278 Å². The molecule has 9 aromatic rings. The molecule has 0 fully saturated rings. The van der Waals surface area contributed by atoms with Crippen LogP contribution < -0.4 is 4.90 Å². The standard InChI is InChI=1S/C45H31NO2/c1-45(2)35-15-8-6-13-32(35)33-24-23-31(27-36(33)45)46(30-21-19-29(20-22-30)28-11-4-3-5-12-28)37-16-10-18-39-43(37)44-41(48-39)26-25-40-42(44)34-14-7-9-17-38(34)47-40/h3-27H,1-2H3. The maximum atomic E-state index is 6.60. The van der Waals surface area contributed by atoms with Gasteiger partial charge in [0.05, 0.1) is 11.1 Å². The Bertz CT molecular complexity index is 2690. The second-order valence-corrected chi connectivity index (χ2v) is 13.3. The van der Waals surface area contributed by atoms with E-state index < -0.39 is 0 Å². The maximum absolute atomic E-state index is 6.60. The predicted octanol–water partition coefficient (Wildman–Crippen LogP) is 12.9. The van der Waals surface area contributed by atoms with E-state index in [4.69, 9.17) is 8.83 Å². The number of anilines is 3. The van der Waals surface area contributed by atoms with Crippen molar-refractivity contribution in [1.29, 1.82) is 0 Å². The lowest BCUT2D eigenvalue weighted by molar-refractivity contribution is 0.660. The molecule has 0 N–H and O–H groups in total. The molecule has 1 aliphatic carbocycles. The molecule has 1 aliphatic rings. The highest BCUT2D eigenvalue weighted by atomic mass is 16.3. The summed E-state index contributed by atoms with van der Waals surface area (Å²) in [5.74, 6) is 0. The molecule has 3 nitrogen and oxygen atoms in total. The van der Waals surface area contributed by atoms with E-state index >= 15 is 0 Å². The number of para-hydroxylation sites is 1. The molecule has 2 aromatic heterocycles. The van der Waals surface area contributed by atoms with Crippen LogP contribution in [0.5, 0.6) is 0 Å². The molecule has 0 atom stereocenters. The van der Waals surface area contributed by atoms with Gasteiger partial charge in [-0.15, -0.1) is 0 Å². The van der Waals surface area contributed by atoms with Gasteiger partial charge in [0.2, 0.25) is 0 Å². The molecule has 0 amide bonds. The summed E-state index contributed by atoms with van der Waals surface area (Å²) in [7, 11) is 0. The van der Waals surface area contributed by atoms with Crippen molar-refractivity contribution in [2.45, 2.75) is 19.3 Å². The summed E-state index contributed by atoms with van der Waals surface area (Å²) < 4.78 is 13.0. The van der Waals surface area contributed by atoms with Crippen molar-refractivity contribution < 1.29 is 8.83 Å². The van der Waals surface area contributed by atoms with E-state index in [9.17, 15) is 0 Å². The van der Waals surface area contributed by atoms with Crippen LogP contribution in [0.1, 0.15) is 25.0 Å². The fourth-order valence-corrected chi connectivity index (χ4v) is 7.98. The van der Waals surface area contributed by atoms with Gasteiger partial charge in [-0.3, -0.25) is 0 Å². The first kappa shape index (κ1) is 27.1. The highest BCUT2D eigenvalue weighted by molar-refractivity contribution is 6.28. The average molecular weight is 618 g/mol. The van der Waals surface area contributed by atoms with Crippen molar-refractivity contribution in [3.05, 3.63) is 163 Å². The summed E-state index contributed by atoms with van der Waals surface area (Å²) in [5, 5.41) is 4.31. The summed E-state index contributed by atoms with van der Waals surface area (Å²) in [6.07, 6.45) is 0.